The van der Waals surface area contributed by atoms with E-state index in [0.717, 1.165) is 20.5 Å². The Morgan fingerprint density at radius 2 is 2.07 bits per heavy atom. The molecule has 0 radical (unpaired) electrons. The third-order valence-corrected chi connectivity index (χ3v) is 6.00. The minimum Gasteiger partial charge on any atom is -0.462 e. The largest absolute Gasteiger partial charge is 0.462 e. The van der Waals surface area contributed by atoms with Crippen LogP contribution in [0.5, 0.6) is 0 Å². The van der Waals surface area contributed by atoms with Gasteiger partial charge in [0.1, 0.15) is 13.3 Å². The molecule has 1 aliphatic heterocycles. The number of hydrogen-bond acceptors (Lipinski definition) is 6. The molecule has 0 atom stereocenters. The Kier molecular flexibility index (Phi) is 5.64. The van der Waals surface area contributed by atoms with Gasteiger partial charge in [0, 0.05) is 10.2 Å². The second kappa shape index (κ2) is 8.34. The monoisotopic (exact) mass is 471 g/mol. The summed E-state index contributed by atoms with van der Waals surface area (Å²) in [5.41, 5.74) is 2.30. The molecular weight excluding hydrogens is 454 g/mol. The van der Waals surface area contributed by atoms with Crippen LogP contribution in [-0.2, 0) is 11.4 Å². The molecule has 2 aromatic carbocycles. The molecule has 148 valence electrons. The second-order valence-corrected chi connectivity index (χ2v) is 8.35. The lowest BCUT2D eigenvalue weighted by Crippen LogP contribution is -2.42. The highest BCUT2D eigenvalue weighted by molar-refractivity contribution is 9.10. The van der Waals surface area contributed by atoms with Gasteiger partial charge >= 0.3 is 5.97 Å². The number of carbonyl (C=O) groups excluding carboxylic acids is 1. The Balaban J connectivity index is 1.60. The lowest BCUT2D eigenvalue weighted by Gasteiger charge is -2.25. The minimum atomic E-state index is -0.341. The Morgan fingerprint density at radius 1 is 1.28 bits per heavy atom. The normalized spacial score (nSPS) is 13.7. The molecule has 0 unspecified atom stereocenters. The van der Waals surface area contributed by atoms with Gasteiger partial charge in [-0.05, 0) is 55.0 Å². The molecule has 0 saturated heterocycles. The van der Waals surface area contributed by atoms with Crippen molar-refractivity contribution in [1.82, 2.24) is 4.57 Å². The SMILES string of the molecule is CCOC(=O)c1ccc(N2CN=c3sc(=Cc4cccc(Br)c4)c(=O)n3C2)cc1. The Labute approximate surface area is 179 Å². The zero-order valence-corrected chi connectivity index (χ0v) is 18.1. The summed E-state index contributed by atoms with van der Waals surface area (Å²) in [4.78, 5) is 32.0. The molecule has 2 heterocycles. The summed E-state index contributed by atoms with van der Waals surface area (Å²) in [5.74, 6) is -0.341. The van der Waals surface area contributed by atoms with Gasteiger partial charge in [-0.1, -0.05) is 39.4 Å². The maximum absolute atomic E-state index is 12.9. The number of carbonyl (C=O) groups is 1. The number of thiazole rings is 1. The molecule has 4 rings (SSSR count). The predicted octanol–water partition coefficient (Wildman–Crippen LogP) is 2.73. The van der Waals surface area contributed by atoms with E-state index in [1.165, 1.54) is 11.3 Å². The topological polar surface area (TPSA) is 63.9 Å². The maximum atomic E-state index is 12.9. The number of rotatable bonds is 4. The molecule has 1 aromatic heterocycles. The van der Waals surface area contributed by atoms with Crippen molar-refractivity contribution in [2.24, 2.45) is 4.99 Å². The Bertz CT molecular complexity index is 1230. The highest BCUT2D eigenvalue weighted by Gasteiger charge is 2.16. The molecule has 0 fully saturated rings. The van der Waals surface area contributed by atoms with Crippen LogP contribution in [0.2, 0.25) is 0 Å². The number of esters is 1. The van der Waals surface area contributed by atoms with E-state index >= 15 is 0 Å². The van der Waals surface area contributed by atoms with Crippen LogP contribution < -0.4 is 19.8 Å². The van der Waals surface area contributed by atoms with Crippen molar-refractivity contribution in [3.8, 4) is 0 Å². The van der Waals surface area contributed by atoms with Gasteiger partial charge in [0.15, 0.2) is 4.80 Å². The molecule has 3 aromatic rings. The van der Waals surface area contributed by atoms with Crippen molar-refractivity contribution in [2.45, 2.75) is 13.6 Å². The molecule has 6 nitrogen and oxygen atoms in total. The van der Waals surface area contributed by atoms with Gasteiger partial charge in [-0.3, -0.25) is 9.36 Å². The summed E-state index contributed by atoms with van der Waals surface area (Å²) in [5, 5.41) is 0. The van der Waals surface area contributed by atoms with Crippen LogP contribution in [0.1, 0.15) is 22.8 Å². The van der Waals surface area contributed by atoms with Crippen molar-refractivity contribution in [2.75, 3.05) is 18.2 Å². The molecule has 0 bridgehead atoms. The first-order valence-corrected chi connectivity index (χ1v) is 10.7. The predicted molar refractivity (Wildman–Crippen MR) is 117 cm³/mol. The van der Waals surface area contributed by atoms with E-state index in [0.29, 0.717) is 30.0 Å². The number of halogens is 1. The summed E-state index contributed by atoms with van der Waals surface area (Å²) in [6.07, 6.45) is 1.89. The second-order valence-electron chi connectivity index (χ2n) is 6.43. The third kappa shape index (κ3) is 4.18. The zero-order valence-electron chi connectivity index (χ0n) is 15.7. The van der Waals surface area contributed by atoms with Crippen molar-refractivity contribution in [3.05, 3.63) is 83.8 Å². The number of aromatic nitrogens is 1. The van der Waals surface area contributed by atoms with Crippen molar-refractivity contribution in [3.63, 3.8) is 0 Å². The van der Waals surface area contributed by atoms with Crippen molar-refractivity contribution >= 4 is 45.0 Å². The summed E-state index contributed by atoms with van der Waals surface area (Å²) >= 11 is 4.85. The van der Waals surface area contributed by atoms with E-state index < -0.39 is 0 Å². The first-order valence-electron chi connectivity index (χ1n) is 9.08. The average molecular weight is 472 g/mol. The third-order valence-electron chi connectivity index (χ3n) is 4.47. The van der Waals surface area contributed by atoms with Crippen LogP contribution >= 0.6 is 27.3 Å². The van der Waals surface area contributed by atoms with Gasteiger partial charge in [0.25, 0.3) is 5.56 Å². The Hall–Kier alpha value is -2.71. The fourth-order valence-corrected chi connectivity index (χ4v) is 4.42. The van der Waals surface area contributed by atoms with Gasteiger partial charge in [-0.25, -0.2) is 9.79 Å². The lowest BCUT2D eigenvalue weighted by molar-refractivity contribution is 0.0526. The van der Waals surface area contributed by atoms with Crippen LogP contribution in [-0.4, -0.2) is 23.8 Å². The number of benzene rings is 2. The van der Waals surface area contributed by atoms with Gasteiger partial charge in [-0.15, -0.1) is 0 Å². The van der Waals surface area contributed by atoms with Crippen LogP contribution in [0, 0.1) is 0 Å². The van der Waals surface area contributed by atoms with Crippen molar-refractivity contribution < 1.29 is 9.53 Å². The highest BCUT2D eigenvalue weighted by Crippen LogP contribution is 2.17. The van der Waals surface area contributed by atoms with Crippen LogP contribution in [0.4, 0.5) is 5.69 Å². The average Bonchev–Trinajstić information content (AvgIpc) is 3.03. The molecule has 0 N–H and O–H groups in total. The molecule has 0 amide bonds. The van der Waals surface area contributed by atoms with Gasteiger partial charge in [0.2, 0.25) is 0 Å². The van der Waals surface area contributed by atoms with Gasteiger partial charge in [-0.2, -0.15) is 0 Å². The first-order chi connectivity index (χ1) is 14.0. The molecule has 8 heteroatoms. The summed E-state index contributed by atoms with van der Waals surface area (Å²) < 4.78 is 8.31. The first kappa shape index (κ1) is 19.6. The van der Waals surface area contributed by atoms with Gasteiger partial charge < -0.3 is 9.64 Å². The summed E-state index contributed by atoms with van der Waals surface area (Å²) in [6.45, 7) is 2.99. The lowest BCUT2D eigenvalue weighted by atomic mass is 10.2. The number of hydrogen-bond donors (Lipinski definition) is 0. The Morgan fingerprint density at radius 3 is 2.79 bits per heavy atom. The van der Waals surface area contributed by atoms with Crippen molar-refractivity contribution in [1.29, 1.82) is 0 Å². The molecular formula is C21H18BrN3O3S. The van der Waals surface area contributed by atoms with E-state index in [1.807, 2.05) is 47.4 Å². The van der Waals surface area contributed by atoms with E-state index in [4.69, 9.17) is 4.74 Å². The van der Waals surface area contributed by atoms with Gasteiger partial charge in [0.05, 0.1) is 16.7 Å². The molecule has 0 aliphatic carbocycles. The molecule has 0 saturated carbocycles. The smallest absolute Gasteiger partial charge is 0.338 e. The number of anilines is 1. The standard InChI is InChI=1S/C21H18BrN3O3S/c1-2-28-20(27)15-6-8-17(9-7-15)24-12-23-21-25(13-24)19(26)18(29-21)11-14-4-3-5-16(22)10-14/h3-11H,2,12-13H2,1H3. The fourth-order valence-electron chi connectivity index (χ4n) is 3.05. The fraction of sp³-hybridized carbons (Fsp3) is 0.190. The maximum Gasteiger partial charge on any atom is 0.338 e. The van der Waals surface area contributed by atoms with E-state index in [2.05, 4.69) is 20.9 Å². The number of ether oxygens (including phenoxy) is 1. The highest BCUT2D eigenvalue weighted by atomic mass is 79.9. The summed E-state index contributed by atoms with van der Waals surface area (Å²) in [6, 6.07) is 15.0. The number of nitrogens with zero attached hydrogens (tertiary/aromatic N) is 3. The quantitative estimate of drug-likeness (QED) is 0.548. The van der Waals surface area contributed by atoms with Crippen LogP contribution in [0.15, 0.2) is 62.8 Å². The molecule has 1 aliphatic rings. The summed E-state index contributed by atoms with van der Waals surface area (Å²) in [7, 11) is 0. The van der Waals surface area contributed by atoms with E-state index in [1.54, 1.807) is 23.6 Å². The van der Waals surface area contributed by atoms with E-state index in [9.17, 15) is 9.59 Å². The molecule has 0 spiro atoms. The van der Waals surface area contributed by atoms with E-state index in [-0.39, 0.29) is 11.5 Å². The molecule has 29 heavy (non-hydrogen) atoms. The minimum absolute atomic E-state index is 0.0541. The van der Waals surface area contributed by atoms with Crippen LogP contribution in [0.25, 0.3) is 6.08 Å². The zero-order chi connectivity index (χ0) is 20.4. The van der Waals surface area contributed by atoms with Crippen LogP contribution in [0.3, 0.4) is 0 Å². The number of fused-ring (bicyclic) bond motifs is 1.